The summed E-state index contributed by atoms with van der Waals surface area (Å²) in [6.07, 6.45) is 3.89. The summed E-state index contributed by atoms with van der Waals surface area (Å²) < 4.78 is 1.82. The van der Waals surface area contributed by atoms with Gasteiger partial charge in [0, 0.05) is 35.6 Å². The lowest BCUT2D eigenvalue weighted by Gasteiger charge is -2.17. The highest BCUT2D eigenvalue weighted by atomic mass is 32.1. The number of aromatic nitrogens is 3. The predicted molar refractivity (Wildman–Crippen MR) is 80.4 cm³/mol. The average molecular weight is 278 g/mol. The number of nitrogens with zero attached hydrogens (tertiary/aromatic N) is 3. The minimum atomic E-state index is 0.0711. The maximum atomic E-state index is 4.84. The van der Waals surface area contributed by atoms with Crippen molar-refractivity contribution in [2.45, 2.75) is 39.7 Å². The zero-order valence-electron chi connectivity index (χ0n) is 12.3. The van der Waals surface area contributed by atoms with E-state index in [9.17, 15) is 0 Å². The van der Waals surface area contributed by atoms with Crippen LogP contribution in [0.15, 0.2) is 12.4 Å². The number of hydrogen-bond acceptors (Lipinski definition) is 4. The van der Waals surface area contributed by atoms with Gasteiger partial charge in [-0.2, -0.15) is 5.10 Å². The molecular weight excluding hydrogens is 256 g/mol. The highest BCUT2D eigenvalue weighted by Crippen LogP contribution is 2.34. The summed E-state index contributed by atoms with van der Waals surface area (Å²) in [5, 5.41) is 8.68. The highest BCUT2D eigenvalue weighted by molar-refractivity contribution is 7.15. The second kappa shape index (κ2) is 5.43. The van der Waals surface area contributed by atoms with E-state index in [1.54, 1.807) is 11.3 Å². The molecule has 0 amide bonds. The minimum absolute atomic E-state index is 0.0711. The SMILES string of the molecule is CCNCc1sc(-c2cnn(C)c2)nc1C(C)(C)C. The molecule has 0 spiro atoms. The average Bonchev–Trinajstić information content (AvgIpc) is 2.91. The Morgan fingerprint density at radius 1 is 1.37 bits per heavy atom. The van der Waals surface area contributed by atoms with Crippen LogP contribution in [-0.2, 0) is 19.0 Å². The number of hydrogen-bond donors (Lipinski definition) is 1. The van der Waals surface area contributed by atoms with Crippen LogP contribution in [0.2, 0.25) is 0 Å². The van der Waals surface area contributed by atoms with Crippen LogP contribution in [0.3, 0.4) is 0 Å². The molecule has 2 aromatic rings. The van der Waals surface area contributed by atoms with Crippen LogP contribution in [-0.4, -0.2) is 21.3 Å². The zero-order chi connectivity index (χ0) is 14.0. The molecule has 0 atom stereocenters. The highest BCUT2D eigenvalue weighted by Gasteiger charge is 2.23. The smallest absolute Gasteiger partial charge is 0.127 e. The van der Waals surface area contributed by atoms with Crippen molar-refractivity contribution in [3.63, 3.8) is 0 Å². The van der Waals surface area contributed by atoms with Crippen molar-refractivity contribution in [2.75, 3.05) is 6.54 Å². The summed E-state index contributed by atoms with van der Waals surface area (Å²) in [7, 11) is 1.93. The van der Waals surface area contributed by atoms with E-state index in [4.69, 9.17) is 4.98 Å². The first-order chi connectivity index (χ1) is 8.91. The van der Waals surface area contributed by atoms with Gasteiger partial charge in [0.2, 0.25) is 0 Å². The van der Waals surface area contributed by atoms with Gasteiger partial charge in [-0.3, -0.25) is 4.68 Å². The van der Waals surface area contributed by atoms with Gasteiger partial charge in [0.15, 0.2) is 0 Å². The second-order valence-electron chi connectivity index (χ2n) is 5.72. The first-order valence-corrected chi connectivity index (χ1v) is 7.43. The Bertz CT molecular complexity index is 548. The maximum Gasteiger partial charge on any atom is 0.127 e. The number of aryl methyl sites for hydroxylation is 1. The van der Waals surface area contributed by atoms with Gasteiger partial charge in [0.1, 0.15) is 5.01 Å². The fourth-order valence-electron chi connectivity index (χ4n) is 1.95. The molecule has 2 aromatic heterocycles. The fourth-order valence-corrected chi connectivity index (χ4v) is 3.17. The molecule has 0 saturated carbocycles. The third-order valence-electron chi connectivity index (χ3n) is 2.90. The summed E-state index contributed by atoms with van der Waals surface area (Å²) in [5.74, 6) is 0. The predicted octanol–water partition coefficient (Wildman–Crippen LogP) is 2.95. The molecule has 0 radical (unpaired) electrons. The van der Waals surface area contributed by atoms with Crippen LogP contribution in [0.5, 0.6) is 0 Å². The Labute approximate surface area is 118 Å². The lowest BCUT2D eigenvalue weighted by atomic mass is 9.91. The van der Waals surface area contributed by atoms with Crippen LogP contribution in [0.4, 0.5) is 0 Å². The topological polar surface area (TPSA) is 42.7 Å². The molecule has 0 aromatic carbocycles. The monoisotopic (exact) mass is 278 g/mol. The summed E-state index contributed by atoms with van der Waals surface area (Å²) in [6.45, 7) is 10.6. The molecular formula is C14H22N4S. The zero-order valence-corrected chi connectivity index (χ0v) is 13.1. The van der Waals surface area contributed by atoms with E-state index in [-0.39, 0.29) is 5.41 Å². The Balaban J connectivity index is 2.39. The molecule has 4 nitrogen and oxygen atoms in total. The van der Waals surface area contributed by atoms with Crippen LogP contribution in [0, 0.1) is 0 Å². The van der Waals surface area contributed by atoms with Gasteiger partial charge < -0.3 is 5.32 Å². The first-order valence-electron chi connectivity index (χ1n) is 6.61. The Kier molecular flexibility index (Phi) is 4.06. The van der Waals surface area contributed by atoms with Crippen molar-refractivity contribution in [3.8, 4) is 10.6 Å². The minimum Gasteiger partial charge on any atom is -0.312 e. The molecule has 1 N–H and O–H groups in total. The Morgan fingerprint density at radius 3 is 2.63 bits per heavy atom. The van der Waals surface area contributed by atoms with E-state index in [1.807, 2.05) is 24.1 Å². The van der Waals surface area contributed by atoms with Crippen LogP contribution >= 0.6 is 11.3 Å². The van der Waals surface area contributed by atoms with Crippen molar-refractivity contribution < 1.29 is 0 Å². The molecule has 0 aliphatic heterocycles. The maximum absolute atomic E-state index is 4.84. The van der Waals surface area contributed by atoms with E-state index in [1.165, 1.54) is 10.6 Å². The second-order valence-corrected chi connectivity index (χ2v) is 6.81. The fraction of sp³-hybridized carbons (Fsp3) is 0.571. The third-order valence-corrected chi connectivity index (χ3v) is 4.00. The molecule has 104 valence electrons. The molecule has 0 saturated heterocycles. The van der Waals surface area contributed by atoms with Gasteiger partial charge in [0.25, 0.3) is 0 Å². The van der Waals surface area contributed by atoms with Gasteiger partial charge in [-0.1, -0.05) is 27.7 Å². The summed E-state index contributed by atoms with van der Waals surface area (Å²) >= 11 is 1.77. The van der Waals surface area contributed by atoms with Crippen molar-refractivity contribution in [1.29, 1.82) is 0 Å². The molecule has 5 heteroatoms. The molecule has 2 heterocycles. The Hall–Kier alpha value is -1.20. The van der Waals surface area contributed by atoms with Crippen LogP contribution < -0.4 is 5.32 Å². The molecule has 0 bridgehead atoms. The van der Waals surface area contributed by atoms with E-state index in [0.29, 0.717) is 0 Å². The van der Waals surface area contributed by atoms with Crippen LogP contribution in [0.25, 0.3) is 10.6 Å². The number of nitrogens with one attached hydrogen (secondary N) is 1. The normalized spacial score (nSPS) is 12.1. The molecule has 0 unspecified atom stereocenters. The summed E-state index contributed by atoms with van der Waals surface area (Å²) in [6, 6.07) is 0. The Morgan fingerprint density at radius 2 is 2.11 bits per heavy atom. The summed E-state index contributed by atoms with van der Waals surface area (Å²) in [4.78, 5) is 6.17. The van der Waals surface area contributed by atoms with Crippen molar-refractivity contribution in [2.24, 2.45) is 7.05 Å². The van der Waals surface area contributed by atoms with Gasteiger partial charge in [-0.15, -0.1) is 11.3 Å². The van der Waals surface area contributed by atoms with Gasteiger partial charge in [-0.25, -0.2) is 4.98 Å². The van der Waals surface area contributed by atoms with Crippen LogP contribution in [0.1, 0.15) is 38.3 Å². The third kappa shape index (κ3) is 3.22. The lowest BCUT2D eigenvalue weighted by molar-refractivity contribution is 0.561. The lowest BCUT2D eigenvalue weighted by Crippen LogP contribution is -2.18. The van der Waals surface area contributed by atoms with E-state index >= 15 is 0 Å². The van der Waals surface area contributed by atoms with Crippen molar-refractivity contribution in [3.05, 3.63) is 23.0 Å². The van der Waals surface area contributed by atoms with Crippen molar-refractivity contribution >= 4 is 11.3 Å². The molecule has 19 heavy (non-hydrogen) atoms. The van der Waals surface area contributed by atoms with Crippen molar-refractivity contribution in [1.82, 2.24) is 20.1 Å². The quantitative estimate of drug-likeness (QED) is 0.935. The van der Waals surface area contributed by atoms with Gasteiger partial charge >= 0.3 is 0 Å². The largest absolute Gasteiger partial charge is 0.312 e. The van der Waals surface area contributed by atoms with E-state index in [2.05, 4.69) is 38.1 Å². The number of thiazole rings is 1. The van der Waals surface area contributed by atoms with Gasteiger partial charge in [0.05, 0.1) is 11.9 Å². The molecule has 0 aliphatic carbocycles. The molecule has 0 fully saturated rings. The van der Waals surface area contributed by atoms with Gasteiger partial charge in [-0.05, 0) is 6.54 Å². The summed E-state index contributed by atoms with van der Waals surface area (Å²) in [5.41, 5.74) is 2.36. The first kappa shape index (κ1) is 14.2. The molecule has 0 aliphatic rings. The molecule has 2 rings (SSSR count). The standard InChI is InChI=1S/C14H22N4S/c1-6-15-8-11-12(14(2,3)4)17-13(19-11)10-7-16-18(5)9-10/h7,9,15H,6,8H2,1-5H3. The number of rotatable bonds is 4. The van der Waals surface area contributed by atoms with E-state index in [0.717, 1.165) is 23.7 Å². The van der Waals surface area contributed by atoms with E-state index < -0.39 is 0 Å².